The highest BCUT2D eigenvalue weighted by Crippen LogP contribution is 2.06. The zero-order valence-corrected chi connectivity index (χ0v) is 5.30. The van der Waals surface area contributed by atoms with Gasteiger partial charge in [-0.1, -0.05) is 0 Å². The van der Waals surface area contributed by atoms with Crippen LogP contribution in [0.2, 0.25) is 0 Å². The first-order valence-corrected chi connectivity index (χ1v) is 3.31. The summed E-state index contributed by atoms with van der Waals surface area (Å²) in [5.41, 5.74) is 1.62. The lowest BCUT2D eigenvalue weighted by Crippen LogP contribution is -1.75. The minimum atomic E-state index is 0.738. The molecular weight excluding hydrogens is 134 g/mol. The van der Waals surface area contributed by atoms with Crippen molar-refractivity contribution >= 4 is 22.7 Å². The van der Waals surface area contributed by atoms with Gasteiger partial charge in [0.15, 0.2) is 5.65 Å². The van der Waals surface area contributed by atoms with Crippen molar-refractivity contribution in [3.05, 3.63) is 17.8 Å². The van der Waals surface area contributed by atoms with Gasteiger partial charge in [0.2, 0.25) is 0 Å². The summed E-state index contributed by atoms with van der Waals surface area (Å²) in [7, 11) is 0. The van der Waals surface area contributed by atoms with Crippen LogP contribution in [-0.4, -0.2) is 14.3 Å². The lowest BCUT2D eigenvalue weighted by Gasteiger charge is -1.79. The molecule has 0 fully saturated rings. The molecule has 0 saturated carbocycles. The van der Waals surface area contributed by atoms with Crippen LogP contribution in [0.1, 0.15) is 0 Å². The van der Waals surface area contributed by atoms with Gasteiger partial charge in [0.1, 0.15) is 5.52 Å². The summed E-state index contributed by atoms with van der Waals surface area (Å²) < 4.78 is 3.99. The fourth-order valence-corrected chi connectivity index (χ4v) is 1.18. The Kier molecular flexibility index (Phi) is 0.927. The highest BCUT2D eigenvalue weighted by molar-refractivity contribution is 7.04. The molecule has 2 heterocycles. The predicted octanol–water partition coefficient (Wildman–Crippen LogP) is 1.09. The van der Waals surface area contributed by atoms with Crippen LogP contribution in [0.5, 0.6) is 0 Å². The van der Waals surface area contributed by atoms with Gasteiger partial charge < -0.3 is 0 Å². The normalized spacial score (nSPS) is 10.2. The van der Waals surface area contributed by atoms with E-state index in [1.165, 1.54) is 11.5 Å². The van der Waals surface area contributed by atoms with Gasteiger partial charge >= 0.3 is 0 Å². The van der Waals surface area contributed by atoms with Crippen molar-refractivity contribution in [2.75, 3.05) is 0 Å². The maximum absolute atomic E-state index is 4.03. The molecular formula is C5H3N3S. The van der Waals surface area contributed by atoms with E-state index in [-0.39, 0.29) is 0 Å². The van der Waals surface area contributed by atoms with Gasteiger partial charge in [0.05, 0.1) is 0 Å². The summed E-state index contributed by atoms with van der Waals surface area (Å²) in [4.78, 5) is 8.00. The third-order valence-electron chi connectivity index (χ3n) is 1.01. The molecule has 0 aliphatic rings. The fourth-order valence-electron chi connectivity index (χ4n) is 0.621. The monoisotopic (exact) mass is 137 g/mol. The number of fused-ring (bicyclic) bond motifs is 1. The van der Waals surface area contributed by atoms with Crippen LogP contribution in [-0.2, 0) is 0 Å². The van der Waals surface area contributed by atoms with Gasteiger partial charge in [-0.3, -0.25) is 4.98 Å². The molecule has 44 valence electrons. The van der Waals surface area contributed by atoms with Crippen molar-refractivity contribution in [2.45, 2.75) is 0 Å². The Labute approximate surface area is 55.6 Å². The standard InChI is InChI=1S/C5H3N3S/c1-2-7-5-4(6-1)3-9-8-5/h1-3H. The Bertz CT molecular complexity index is 286. The van der Waals surface area contributed by atoms with Gasteiger partial charge in [0.25, 0.3) is 0 Å². The minimum Gasteiger partial charge on any atom is -0.250 e. The summed E-state index contributed by atoms with van der Waals surface area (Å²) in [5, 5.41) is 1.88. The van der Waals surface area contributed by atoms with E-state index in [9.17, 15) is 0 Å². The molecule has 0 radical (unpaired) electrons. The second-order valence-corrected chi connectivity index (χ2v) is 2.21. The Morgan fingerprint density at radius 1 is 1.22 bits per heavy atom. The van der Waals surface area contributed by atoms with Crippen molar-refractivity contribution in [3.63, 3.8) is 0 Å². The molecule has 9 heavy (non-hydrogen) atoms. The van der Waals surface area contributed by atoms with Crippen molar-refractivity contribution in [2.24, 2.45) is 0 Å². The van der Waals surface area contributed by atoms with Gasteiger partial charge in [-0.2, -0.15) is 4.37 Å². The van der Waals surface area contributed by atoms with Crippen LogP contribution in [0.3, 0.4) is 0 Å². The smallest absolute Gasteiger partial charge is 0.191 e. The van der Waals surface area contributed by atoms with Crippen LogP contribution < -0.4 is 0 Å². The van der Waals surface area contributed by atoms with Gasteiger partial charge in [0, 0.05) is 17.8 Å². The molecule has 0 spiro atoms. The van der Waals surface area contributed by atoms with E-state index in [0.29, 0.717) is 0 Å². The Hall–Kier alpha value is -1.03. The maximum atomic E-state index is 4.03. The van der Waals surface area contributed by atoms with Crippen LogP contribution >= 0.6 is 11.5 Å². The highest BCUT2D eigenvalue weighted by atomic mass is 32.1. The molecule has 0 aromatic carbocycles. The van der Waals surface area contributed by atoms with Crippen molar-refractivity contribution in [1.82, 2.24) is 14.3 Å². The Balaban J connectivity index is 2.95. The number of rotatable bonds is 0. The summed E-state index contributed by atoms with van der Waals surface area (Å²) >= 11 is 1.38. The van der Waals surface area contributed by atoms with E-state index in [1.54, 1.807) is 12.4 Å². The molecule has 0 bridgehead atoms. The second kappa shape index (κ2) is 1.73. The third-order valence-corrected chi connectivity index (χ3v) is 1.62. The van der Waals surface area contributed by atoms with Crippen LogP contribution in [0, 0.1) is 0 Å². The Morgan fingerprint density at radius 2 is 2.11 bits per heavy atom. The molecule has 0 saturated heterocycles. The zero-order chi connectivity index (χ0) is 6.10. The van der Waals surface area contributed by atoms with E-state index in [0.717, 1.165) is 11.2 Å². The summed E-state index contributed by atoms with van der Waals surface area (Å²) in [6.07, 6.45) is 3.30. The van der Waals surface area contributed by atoms with Crippen LogP contribution in [0.15, 0.2) is 17.8 Å². The second-order valence-electron chi connectivity index (χ2n) is 1.58. The van der Waals surface area contributed by atoms with Crippen LogP contribution in [0.4, 0.5) is 0 Å². The third kappa shape index (κ3) is 0.675. The number of aromatic nitrogens is 3. The minimum absolute atomic E-state index is 0.738. The van der Waals surface area contributed by atoms with E-state index in [2.05, 4.69) is 14.3 Å². The molecule has 0 amide bonds. The van der Waals surface area contributed by atoms with Crippen LogP contribution in [0.25, 0.3) is 11.2 Å². The van der Waals surface area contributed by atoms with E-state index in [4.69, 9.17) is 0 Å². The number of hydrogen-bond donors (Lipinski definition) is 0. The molecule has 0 aliphatic carbocycles. The quantitative estimate of drug-likeness (QED) is 0.545. The van der Waals surface area contributed by atoms with E-state index >= 15 is 0 Å². The fraction of sp³-hybridized carbons (Fsp3) is 0. The largest absolute Gasteiger partial charge is 0.250 e. The molecule has 2 aromatic rings. The molecule has 3 nitrogen and oxygen atoms in total. The lowest BCUT2D eigenvalue weighted by atomic mass is 10.6. The lowest BCUT2D eigenvalue weighted by molar-refractivity contribution is 1.28. The van der Waals surface area contributed by atoms with E-state index < -0.39 is 0 Å². The van der Waals surface area contributed by atoms with E-state index in [1.807, 2.05) is 5.38 Å². The van der Waals surface area contributed by atoms with Crippen molar-refractivity contribution in [3.8, 4) is 0 Å². The van der Waals surface area contributed by atoms with Gasteiger partial charge in [-0.15, -0.1) is 0 Å². The SMILES string of the molecule is c1cnc2nscc2n1. The average molecular weight is 137 g/mol. The molecule has 2 rings (SSSR count). The topological polar surface area (TPSA) is 38.7 Å². The predicted molar refractivity (Wildman–Crippen MR) is 35.2 cm³/mol. The maximum Gasteiger partial charge on any atom is 0.191 e. The summed E-state index contributed by atoms with van der Waals surface area (Å²) in [6.45, 7) is 0. The van der Waals surface area contributed by atoms with Crippen molar-refractivity contribution in [1.29, 1.82) is 0 Å². The molecule has 0 N–H and O–H groups in total. The molecule has 0 atom stereocenters. The highest BCUT2D eigenvalue weighted by Gasteiger charge is 1.93. The zero-order valence-electron chi connectivity index (χ0n) is 4.48. The first-order valence-electron chi connectivity index (χ1n) is 2.48. The molecule has 0 aliphatic heterocycles. The molecule has 0 unspecified atom stereocenters. The average Bonchev–Trinajstić information content (AvgIpc) is 2.33. The molecule has 4 heteroatoms. The van der Waals surface area contributed by atoms with Crippen molar-refractivity contribution < 1.29 is 0 Å². The first kappa shape index (κ1) is 4.81. The van der Waals surface area contributed by atoms with Gasteiger partial charge in [-0.05, 0) is 11.5 Å². The summed E-state index contributed by atoms with van der Waals surface area (Å²) in [5.74, 6) is 0. The summed E-state index contributed by atoms with van der Waals surface area (Å²) in [6, 6.07) is 0. The number of hydrogen-bond acceptors (Lipinski definition) is 4. The Morgan fingerprint density at radius 3 is 3.00 bits per heavy atom. The molecule has 2 aromatic heterocycles. The van der Waals surface area contributed by atoms with Gasteiger partial charge in [-0.25, -0.2) is 4.98 Å². The first-order chi connectivity index (χ1) is 4.47. The number of nitrogens with zero attached hydrogens (tertiary/aromatic N) is 3.